The van der Waals surface area contributed by atoms with E-state index in [1.54, 1.807) is 12.7 Å². The van der Waals surface area contributed by atoms with Gasteiger partial charge in [0, 0.05) is 12.6 Å². The summed E-state index contributed by atoms with van der Waals surface area (Å²) >= 11 is 0. The average molecular weight is 320 g/mol. The summed E-state index contributed by atoms with van der Waals surface area (Å²) < 4.78 is 1.83. The van der Waals surface area contributed by atoms with Crippen molar-refractivity contribution in [2.45, 2.75) is 33.0 Å². The molecule has 0 spiro atoms. The van der Waals surface area contributed by atoms with E-state index < -0.39 is 0 Å². The smallest absolute Gasteiger partial charge is 0.137 e. The Morgan fingerprint density at radius 3 is 2.29 bits per heavy atom. The molecule has 0 bridgehead atoms. The zero-order chi connectivity index (χ0) is 16.8. The van der Waals surface area contributed by atoms with Gasteiger partial charge in [-0.2, -0.15) is 5.10 Å². The molecule has 0 fully saturated rings. The van der Waals surface area contributed by atoms with E-state index in [2.05, 4.69) is 83.8 Å². The molecule has 0 aliphatic rings. The van der Waals surface area contributed by atoms with Gasteiger partial charge in [-0.25, -0.2) is 9.67 Å². The maximum absolute atomic E-state index is 4.14. The van der Waals surface area contributed by atoms with Crippen molar-refractivity contribution in [3.63, 3.8) is 0 Å². The van der Waals surface area contributed by atoms with Crippen LogP contribution in [0.15, 0.2) is 67.3 Å². The first-order chi connectivity index (χ1) is 11.7. The number of aromatic nitrogens is 3. The Kier molecular flexibility index (Phi) is 5.39. The molecule has 1 N–H and O–H groups in total. The standard InChI is InChI=1S/C20H24N4/c1-16(2)20(19-6-4-3-5-7-19)22-12-17-8-10-18(11-9-17)13-24-15-21-14-23-24/h3-11,14-16,20,22H,12-13H2,1-2H3. The Hall–Kier alpha value is -2.46. The molecule has 0 saturated carbocycles. The highest BCUT2D eigenvalue weighted by Crippen LogP contribution is 2.22. The van der Waals surface area contributed by atoms with Gasteiger partial charge in [-0.3, -0.25) is 0 Å². The number of rotatable bonds is 7. The minimum absolute atomic E-state index is 0.362. The van der Waals surface area contributed by atoms with E-state index in [1.807, 2.05) is 4.68 Å². The molecule has 1 atom stereocenters. The predicted octanol–water partition coefficient (Wildman–Crippen LogP) is 3.81. The summed E-state index contributed by atoms with van der Waals surface area (Å²) in [6, 6.07) is 19.7. The van der Waals surface area contributed by atoms with Crippen LogP contribution in [0.5, 0.6) is 0 Å². The van der Waals surface area contributed by atoms with Crippen LogP contribution in [-0.4, -0.2) is 14.8 Å². The van der Waals surface area contributed by atoms with Crippen LogP contribution in [0.3, 0.4) is 0 Å². The van der Waals surface area contributed by atoms with Crippen molar-refractivity contribution in [2.24, 2.45) is 5.92 Å². The summed E-state index contributed by atoms with van der Waals surface area (Å²) in [7, 11) is 0. The Morgan fingerprint density at radius 1 is 0.958 bits per heavy atom. The van der Waals surface area contributed by atoms with Crippen molar-refractivity contribution in [3.8, 4) is 0 Å². The Morgan fingerprint density at radius 2 is 1.67 bits per heavy atom. The minimum atomic E-state index is 0.362. The van der Waals surface area contributed by atoms with Gasteiger partial charge in [0.05, 0.1) is 6.54 Å². The maximum Gasteiger partial charge on any atom is 0.137 e. The van der Waals surface area contributed by atoms with Crippen LogP contribution in [0.25, 0.3) is 0 Å². The first-order valence-corrected chi connectivity index (χ1v) is 8.41. The zero-order valence-corrected chi connectivity index (χ0v) is 14.3. The van der Waals surface area contributed by atoms with Crippen molar-refractivity contribution < 1.29 is 0 Å². The van der Waals surface area contributed by atoms with Crippen LogP contribution in [0, 0.1) is 5.92 Å². The summed E-state index contributed by atoms with van der Waals surface area (Å²) in [6.45, 7) is 6.13. The van der Waals surface area contributed by atoms with E-state index in [-0.39, 0.29) is 0 Å². The first-order valence-electron chi connectivity index (χ1n) is 8.41. The van der Waals surface area contributed by atoms with E-state index in [4.69, 9.17) is 0 Å². The molecule has 124 valence electrons. The molecule has 0 saturated heterocycles. The van der Waals surface area contributed by atoms with Gasteiger partial charge in [-0.1, -0.05) is 68.4 Å². The SMILES string of the molecule is CC(C)C(NCc1ccc(Cn2cncn2)cc1)c1ccccc1. The van der Waals surface area contributed by atoms with Crippen molar-refractivity contribution in [1.82, 2.24) is 20.1 Å². The summed E-state index contributed by atoms with van der Waals surface area (Å²) in [5.74, 6) is 0.541. The summed E-state index contributed by atoms with van der Waals surface area (Å²) in [6.07, 6.45) is 3.30. The second kappa shape index (κ2) is 7.88. The molecule has 4 nitrogen and oxygen atoms in total. The fourth-order valence-electron chi connectivity index (χ4n) is 2.89. The normalized spacial score (nSPS) is 12.5. The third kappa shape index (κ3) is 4.30. The Balaban J connectivity index is 1.61. The lowest BCUT2D eigenvalue weighted by Gasteiger charge is -2.23. The van der Waals surface area contributed by atoms with Crippen molar-refractivity contribution in [1.29, 1.82) is 0 Å². The van der Waals surface area contributed by atoms with Gasteiger partial charge in [0.1, 0.15) is 12.7 Å². The van der Waals surface area contributed by atoms with Crippen molar-refractivity contribution in [3.05, 3.63) is 83.9 Å². The van der Waals surface area contributed by atoms with Gasteiger partial charge in [-0.15, -0.1) is 0 Å². The van der Waals surface area contributed by atoms with E-state index in [1.165, 1.54) is 16.7 Å². The van der Waals surface area contributed by atoms with Crippen LogP contribution in [-0.2, 0) is 13.1 Å². The lowest BCUT2D eigenvalue weighted by Crippen LogP contribution is -2.25. The van der Waals surface area contributed by atoms with E-state index in [0.717, 1.165) is 13.1 Å². The summed E-state index contributed by atoms with van der Waals surface area (Å²) in [4.78, 5) is 3.97. The van der Waals surface area contributed by atoms with E-state index in [9.17, 15) is 0 Å². The molecule has 3 aromatic rings. The third-order valence-corrected chi connectivity index (χ3v) is 4.19. The molecule has 1 heterocycles. The highest BCUT2D eigenvalue weighted by atomic mass is 15.3. The first kappa shape index (κ1) is 16.4. The Labute approximate surface area is 143 Å². The Bertz CT molecular complexity index is 718. The molecular weight excluding hydrogens is 296 g/mol. The van der Waals surface area contributed by atoms with E-state index >= 15 is 0 Å². The van der Waals surface area contributed by atoms with Gasteiger partial charge in [0.25, 0.3) is 0 Å². The number of nitrogens with one attached hydrogen (secondary N) is 1. The molecule has 0 aliphatic heterocycles. The van der Waals surface area contributed by atoms with Gasteiger partial charge >= 0.3 is 0 Å². The van der Waals surface area contributed by atoms with Gasteiger partial charge in [-0.05, 0) is 22.6 Å². The van der Waals surface area contributed by atoms with E-state index in [0.29, 0.717) is 12.0 Å². The molecule has 0 amide bonds. The lowest BCUT2D eigenvalue weighted by molar-refractivity contribution is 0.410. The molecule has 1 aromatic heterocycles. The number of nitrogens with zero attached hydrogens (tertiary/aromatic N) is 3. The summed E-state index contributed by atoms with van der Waals surface area (Å²) in [5.41, 5.74) is 3.86. The molecule has 1 unspecified atom stereocenters. The lowest BCUT2D eigenvalue weighted by atomic mass is 9.96. The fraction of sp³-hybridized carbons (Fsp3) is 0.300. The quantitative estimate of drug-likeness (QED) is 0.720. The minimum Gasteiger partial charge on any atom is -0.306 e. The molecule has 24 heavy (non-hydrogen) atoms. The predicted molar refractivity (Wildman–Crippen MR) is 96.4 cm³/mol. The molecular formula is C20H24N4. The largest absolute Gasteiger partial charge is 0.306 e. The molecule has 0 radical (unpaired) electrons. The second-order valence-electron chi connectivity index (χ2n) is 6.42. The monoisotopic (exact) mass is 320 g/mol. The van der Waals surface area contributed by atoms with Crippen molar-refractivity contribution in [2.75, 3.05) is 0 Å². The topological polar surface area (TPSA) is 42.7 Å². The van der Waals surface area contributed by atoms with Crippen LogP contribution in [0.4, 0.5) is 0 Å². The molecule has 3 rings (SSSR count). The average Bonchev–Trinajstić information content (AvgIpc) is 3.10. The number of hydrogen-bond acceptors (Lipinski definition) is 3. The van der Waals surface area contributed by atoms with Gasteiger partial charge in [0.2, 0.25) is 0 Å². The van der Waals surface area contributed by atoms with Gasteiger partial charge < -0.3 is 5.32 Å². The highest BCUT2D eigenvalue weighted by molar-refractivity contribution is 5.24. The molecule has 4 heteroatoms. The zero-order valence-electron chi connectivity index (χ0n) is 14.3. The fourth-order valence-corrected chi connectivity index (χ4v) is 2.89. The molecule has 2 aromatic carbocycles. The number of hydrogen-bond donors (Lipinski definition) is 1. The van der Waals surface area contributed by atoms with Gasteiger partial charge in [0.15, 0.2) is 0 Å². The summed E-state index contributed by atoms with van der Waals surface area (Å²) in [5, 5.41) is 7.83. The number of benzene rings is 2. The maximum atomic E-state index is 4.14. The van der Waals surface area contributed by atoms with Crippen LogP contribution < -0.4 is 5.32 Å². The molecule has 0 aliphatic carbocycles. The second-order valence-corrected chi connectivity index (χ2v) is 6.42. The van der Waals surface area contributed by atoms with Crippen LogP contribution >= 0.6 is 0 Å². The van der Waals surface area contributed by atoms with Crippen molar-refractivity contribution >= 4 is 0 Å². The third-order valence-electron chi connectivity index (χ3n) is 4.19. The van der Waals surface area contributed by atoms with Crippen LogP contribution in [0.1, 0.15) is 36.6 Å². The highest BCUT2D eigenvalue weighted by Gasteiger charge is 2.14. The van der Waals surface area contributed by atoms with Crippen LogP contribution in [0.2, 0.25) is 0 Å².